The fraction of sp³-hybridized carbons (Fsp3) is 0.357. The average Bonchev–Trinajstić information content (AvgIpc) is 3.00. The van der Waals surface area contributed by atoms with Gasteiger partial charge in [0.25, 0.3) is 0 Å². The highest BCUT2D eigenvalue weighted by Gasteiger charge is 2.53. The van der Waals surface area contributed by atoms with E-state index >= 15 is 0 Å². The Morgan fingerprint density at radius 2 is 2.12 bits per heavy atom. The van der Waals surface area contributed by atoms with E-state index in [1.54, 1.807) is 0 Å². The van der Waals surface area contributed by atoms with Crippen LogP contribution in [0.2, 0.25) is 0 Å². The Hall–Kier alpha value is -1.77. The molecule has 0 radical (unpaired) electrons. The summed E-state index contributed by atoms with van der Waals surface area (Å²) in [7, 11) is 1.98. The first-order valence-corrected chi connectivity index (χ1v) is 5.85. The maximum Gasteiger partial charge on any atom is 0.314 e. The predicted octanol–water partition coefficient (Wildman–Crippen LogP) is 2.60. The predicted molar refractivity (Wildman–Crippen MR) is 66.2 cm³/mol. The van der Waals surface area contributed by atoms with Gasteiger partial charge in [0.2, 0.25) is 0 Å². The summed E-state index contributed by atoms with van der Waals surface area (Å²) in [6, 6.07) is 6.09. The first-order valence-electron chi connectivity index (χ1n) is 5.85. The summed E-state index contributed by atoms with van der Waals surface area (Å²) in [6.45, 7) is 2.06. The fourth-order valence-corrected chi connectivity index (χ4v) is 2.78. The molecule has 0 aliphatic heterocycles. The number of rotatable bonds is 2. The van der Waals surface area contributed by atoms with Gasteiger partial charge in [-0.05, 0) is 30.9 Å². The van der Waals surface area contributed by atoms with E-state index < -0.39 is 11.4 Å². The van der Waals surface area contributed by atoms with Gasteiger partial charge in [-0.2, -0.15) is 0 Å². The zero-order chi connectivity index (χ0) is 12.2. The Labute approximate surface area is 99.7 Å². The van der Waals surface area contributed by atoms with Crippen LogP contribution in [0.15, 0.2) is 24.4 Å². The van der Waals surface area contributed by atoms with Crippen molar-refractivity contribution >= 4 is 16.9 Å². The van der Waals surface area contributed by atoms with Gasteiger partial charge in [0.15, 0.2) is 0 Å². The van der Waals surface area contributed by atoms with Crippen molar-refractivity contribution in [1.82, 2.24) is 4.57 Å². The summed E-state index contributed by atoms with van der Waals surface area (Å²) in [4.78, 5) is 11.4. The number of aromatic nitrogens is 1. The number of nitrogens with zero attached hydrogens (tertiary/aromatic N) is 1. The molecule has 1 aromatic carbocycles. The highest BCUT2D eigenvalue weighted by molar-refractivity contribution is 5.95. The van der Waals surface area contributed by atoms with E-state index in [2.05, 4.69) is 13.0 Å². The van der Waals surface area contributed by atoms with Crippen molar-refractivity contribution in [2.45, 2.75) is 25.2 Å². The molecule has 1 aliphatic rings. The standard InChI is InChI=1S/C14H15NO2/c1-9-4-3-5-10-11(8-15(2)12(9)10)14(6-7-14)13(16)17/h3-5,8H,6-7H2,1-2H3,(H,16,17). The lowest BCUT2D eigenvalue weighted by Gasteiger charge is -2.08. The van der Waals surface area contributed by atoms with Gasteiger partial charge >= 0.3 is 5.97 Å². The maximum absolute atomic E-state index is 11.4. The number of hydrogen-bond donors (Lipinski definition) is 1. The van der Waals surface area contributed by atoms with Gasteiger partial charge < -0.3 is 9.67 Å². The van der Waals surface area contributed by atoms with Gasteiger partial charge in [0.05, 0.1) is 10.9 Å². The second-order valence-electron chi connectivity index (χ2n) is 5.01. The molecule has 3 heteroatoms. The number of carboxylic acid groups (broad SMARTS) is 1. The van der Waals surface area contributed by atoms with Crippen molar-refractivity contribution in [2.24, 2.45) is 7.05 Å². The molecular formula is C14H15NO2. The third-order valence-electron chi connectivity index (χ3n) is 3.88. The summed E-state index contributed by atoms with van der Waals surface area (Å²) in [5.41, 5.74) is 2.70. The number of fused-ring (bicyclic) bond motifs is 1. The molecule has 0 bridgehead atoms. The molecule has 3 rings (SSSR count). The van der Waals surface area contributed by atoms with E-state index in [4.69, 9.17) is 0 Å². The number of hydrogen-bond acceptors (Lipinski definition) is 1. The lowest BCUT2D eigenvalue weighted by atomic mass is 9.95. The molecule has 2 aromatic rings. The van der Waals surface area contributed by atoms with Crippen molar-refractivity contribution in [1.29, 1.82) is 0 Å². The molecule has 1 N–H and O–H groups in total. The minimum atomic E-state index is -0.688. The summed E-state index contributed by atoms with van der Waals surface area (Å²) in [5.74, 6) is -0.688. The van der Waals surface area contributed by atoms with E-state index in [9.17, 15) is 9.90 Å². The molecule has 0 amide bonds. The number of benzene rings is 1. The minimum Gasteiger partial charge on any atom is -0.481 e. The maximum atomic E-state index is 11.4. The lowest BCUT2D eigenvalue weighted by molar-refractivity contribution is -0.140. The molecule has 1 heterocycles. The molecule has 3 nitrogen and oxygen atoms in total. The third kappa shape index (κ3) is 1.25. The normalized spacial score (nSPS) is 17.3. The smallest absolute Gasteiger partial charge is 0.314 e. The molecule has 1 fully saturated rings. The van der Waals surface area contributed by atoms with Crippen LogP contribution in [0.5, 0.6) is 0 Å². The van der Waals surface area contributed by atoms with Gasteiger partial charge in [0.1, 0.15) is 0 Å². The first kappa shape index (κ1) is 10.4. The quantitative estimate of drug-likeness (QED) is 0.860. The van der Waals surface area contributed by atoms with Crippen molar-refractivity contribution in [3.05, 3.63) is 35.5 Å². The molecule has 88 valence electrons. The molecule has 17 heavy (non-hydrogen) atoms. The number of aliphatic carboxylic acids is 1. The van der Waals surface area contributed by atoms with Crippen LogP contribution >= 0.6 is 0 Å². The summed E-state index contributed by atoms with van der Waals surface area (Å²) < 4.78 is 2.04. The molecule has 1 saturated carbocycles. The van der Waals surface area contributed by atoms with Gasteiger partial charge in [-0.3, -0.25) is 4.79 Å². The first-order chi connectivity index (χ1) is 8.06. The summed E-state index contributed by atoms with van der Waals surface area (Å²) in [5, 5.41) is 10.5. The van der Waals surface area contributed by atoms with E-state index in [0.29, 0.717) is 0 Å². The molecule has 0 saturated heterocycles. The lowest BCUT2D eigenvalue weighted by Crippen LogP contribution is -2.19. The summed E-state index contributed by atoms with van der Waals surface area (Å²) >= 11 is 0. The van der Waals surface area contributed by atoms with E-state index in [0.717, 1.165) is 29.3 Å². The number of carbonyl (C=O) groups is 1. The SMILES string of the molecule is Cc1cccc2c(C3(C(=O)O)CC3)cn(C)c12. The van der Waals surface area contributed by atoms with Crippen LogP contribution in [0.25, 0.3) is 10.9 Å². The second-order valence-corrected chi connectivity index (χ2v) is 5.01. The Balaban J connectivity index is 2.33. The van der Waals surface area contributed by atoms with Crippen molar-refractivity contribution in [2.75, 3.05) is 0 Å². The zero-order valence-corrected chi connectivity index (χ0v) is 10.0. The topological polar surface area (TPSA) is 42.2 Å². The van der Waals surface area contributed by atoms with Crippen LogP contribution in [0, 0.1) is 6.92 Å². The molecule has 0 unspecified atom stereocenters. The third-order valence-corrected chi connectivity index (χ3v) is 3.88. The molecule has 0 atom stereocenters. The van der Waals surface area contributed by atoms with Gasteiger partial charge in [-0.1, -0.05) is 18.2 Å². The fourth-order valence-electron chi connectivity index (χ4n) is 2.78. The summed E-state index contributed by atoms with van der Waals surface area (Å²) in [6.07, 6.45) is 3.50. The Morgan fingerprint density at radius 3 is 2.71 bits per heavy atom. The van der Waals surface area contributed by atoms with Crippen molar-refractivity contribution < 1.29 is 9.90 Å². The Kier molecular flexibility index (Phi) is 1.91. The molecule has 0 spiro atoms. The van der Waals surface area contributed by atoms with Crippen LogP contribution < -0.4 is 0 Å². The van der Waals surface area contributed by atoms with Gasteiger partial charge in [-0.15, -0.1) is 0 Å². The zero-order valence-electron chi connectivity index (χ0n) is 10.0. The largest absolute Gasteiger partial charge is 0.481 e. The monoisotopic (exact) mass is 229 g/mol. The number of carboxylic acids is 1. The highest BCUT2D eigenvalue weighted by Crippen LogP contribution is 2.51. The minimum absolute atomic E-state index is 0.618. The molecule has 1 aliphatic carbocycles. The second kappa shape index (κ2) is 3.13. The van der Waals surface area contributed by atoms with Crippen LogP contribution in [0.1, 0.15) is 24.0 Å². The van der Waals surface area contributed by atoms with Crippen LogP contribution in [0.3, 0.4) is 0 Å². The van der Waals surface area contributed by atoms with E-state index in [1.165, 1.54) is 5.56 Å². The van der Waals surface area contributed by atoms with Crippen molar-refractivity contribution in [3.63, 3.8) is 0 Å². The highest BCUT2D eigenvalue weighted by atomic mass is 16.4. The van der Waals surface area contributed by atoms with Crippen LogP contribution in [-0.4, -0.2) is 15.6 Å². The van der Waals surface area contributed by atoms with Gasteiger partial charge in [0, 0.05) is 18.6 Å². The number of aryl methyl sites for hydroxylation is 2. The van der Waals surface area contributed by atoms with Crippen LogP contribution in [-0.2, 0) is 17.3 Å². The van der Waals surface area contributed by atoms with Crippen molar-refractivity contribution in [3.8, 4) is 0 Å². The van der Waals surface area contributed by atoms with E-state index in [-0.39, 0.29) is 0 Å². The molecule has 1 aromatic heterocycles. The number of para-hydroxylation sites is 1. The van der Waals surface area contributed by atoms with Gasteiger partial charge in [-0.25, -0.2) is 0 Å². The Morgan fingerprint density at radius 1 is 1.41 bits per heavy atom. The average molecular weight is 229 g/mol. The van der Waals surface area contributed by atoms with Crippen LogP contribution in [0.4, 0.5) is 0 Å². The van der Waals surface area contributed by atoms with E-state index in [1.807, 2.05) is 29.9 Å². The Bertz CT molecular complexity index is 620. The molecular weight excluding hydrogens is 214 g/mol.